The van der Waals surface area contributed by atoms with Crippen molar-refractivity contribution in [3.8, 4) is 0 Å². The number of amides is 2. The van der Waals surface area contributed by atoms with Crippen LogP contribution >= 0.6 is 0 Å². The second-order valence-corrected chi connectivity index (χ2v) is 7.18. The van der Waals surface area contributed by atoms with E-state index in [1.807, 2.05) is 37.8 Å². The molecule has 22 heavy (non-hydrogen) atoms. The van der Waals surface area contributed by atoms with E-state index in [1.54, 1.807) is 12.1 Å². The van der Waals surface area contributed by atoms with Crippen LogP contribution in [-0.4, -0.2) is 29.8 Å². The first kappa shape index (κ1) is 16.5. The van der Waals surface area contributed by atoms with Crippen molar-refractivity contribution >= 4 is 17.5 Å². The highest BCUT2D eigenvalue weighted by Gasteiger charge is 2.22. The van der Waals surface area contributed by atoms with E-state index in [0.717, 1.165) is 25.9 Å². The van der Waals surface area contributed by atoms with E-state index in [1.165, 1.54) is 6.42 Å². The number of hydrogen-bond acceptors (Lipinski definition) is 2. The first-order chi connectivity index (χ1) is 10.4. The summed E-state index contributed by atoms with van der Waals surface area (Å²) in [6, 6.07) is 7.29. The quantitative estimate of drug-likeness (QED) is 0.925. The van der Waals surface area contributed by atoms with Gasteiger partial charge in [-0.1, -0.05) is 32.9 Å². The maximum Gasteiger partial charge on any atom is 0.255 e. The van der Waals surface area contributed by atoms with E-state index in [4.69, 9.17) is 0 Å². The van der Waals surface area contributed by atoms with Crippen LogP contribution in [0.1, 0.15) is 56.8 Å². The third kappa shape index (κ3) is 4.58. The fourth-order valence-corrected chi connectivity index (χ4v) is 2.72. The molecule has 1 saturated heterocycles. The minimum Gasteiger partial charge on any atom is -0.339 e. The summed E-state index contributed by atoms with van der Waals surface area (Å²) in [6.07, 6.45) is 3.74. The molecule has 120 valence electrons. The van der Waals surface area contributed by atoms with Crippen molar-refractivity contribution in [1.82, 2.24) is 4.90 Å². The van der Waals surface area contributed by atoms with Gasteiger partial charge in [-0.3, -0.25) is 9.59 Å². The third-order valence-corrected chi connectivity index (χ3v) is 3.77. The van der Waals surface area contributed by atoms with Gasteiger partial charge in [0.25, 0.3) is 5.91 Å². The zero-order valence-corrected chi connectivity index (χ0v) is 13.8. The lowest BCUT2D eigenvalue weighted by atomic mass is 9.92. The van der Waals surface area contributed by atoms with Crippen LogP contribution < -0.4 is 5.32 Å². The molecule has 0 atom stereocenters. The topological polar surface area (TPSA) is 49.4 Å². The molecule has 1 aliphatic rings. The molecule has 2 amide bonds. The maximum atomic E-state index is 12.7. The molecule has 1 fully saturated rings. The van der Waals surface area contributed by atoms with Gasteiger partial charge >= 0.3 is 0 Å². The Morgan fingerprint density at radius 2 is 1.73 bits per heavy atom. The average molecular weight is 302 g/mol. The smallest absolute Gasteiger partial charge is 0.255 e. The number of hydrogen-bond donors (Lipinski definition) is 1. The van der Waals surface area contributed by atoms with Crippen LogP contribution in [0.15, 0.2) is 24.3 Å². The van der Waals surface area contributed by atoms with Gasteiger partial charge in [-0.25, -0.2) is 0 Å². The highest BCUT2D eigenvalue weighted by Crippen LogP contribution is 2.23. The number of anilines is 1. The van der Waals surface area contributed by atoms with Crippen LogP contribution in [-0.2, 0) is 4.79 Å². The lowest BCUT2D eigenvalue weighted by Crippen LogP contribution is -2.36. The molecule has 0 spiro atoms. The van der Waals surface area contributed by atoms with Gasteiger partial charge in [-0.15, -0.1) is 0 Å². The number of nitrogens with zero attached hydrogens (tertiary/aromatic N) is 1. The highest BCUT2D eigenvalue weighted by molar-refractivity contribution is 6.03. The van der Waals surface area contributed by atoms with E-state index in [2.05, 4.69) is 5.32 Å². The van der Waals surface area contributed by atoms with Crippen LogP contribution in [0, 0.1) is 5.41 Å². The Kier molecular flexibility index (Phi) is 5.22. The van der Waals surface area contributed by atoms with Crippen molar-refractivity contribution in [3.63, 3.8) is 0 Å². The Bertz CT molecular complexity index is 540. The molecule has 0 saturated carbocycles. The molecule has 1 heterocycles. The molecular formula is C18H26N2O2. The van der Waals surface area contributed by atoms with Gasteiger partial charge in [0, 0.05) is 19.5 Å². The Hall–Kier alpha value is -1.84. The molecule has 4 nitrogen and oxygen atoms in total. The predicted octanol–water partition coefficient (Wildman–Crippen LogP) is 3.69. The normalized spacial score (nSPS) is 15.5. The lowest BCUT2D eigenvalue weighted by Gasteiger charge is -2.27. The first-order valence-electron chi connectivity index (χ1n) is 8.05. The zero-order chi connectivity index (χ0) is 16.2. The summed E-state index contributed by atoms with van der Waals surface area (Å²) < 4.78 is 0. The molecule has 1 aromatic carbocycles. The summed E-state index contributed by atoms with van der Waals surface area (Å²) in [5.74, 6) is -0.0299. The molecule has 0 unspecified atom stereocenters. The SMILES string of the molecule is CC(C)(C)CC(=O)Nc1ccccc1C(=O)N1CCCCC1. The first-order valence-corrected chi connectivity index (χ1v) is 8.05. The van der Waals surface area contributed by atoms with E-state index < -0.39 is 0 Å². The number of carbonyl (C=O) groups is 2. The molecule has 1 N–H and O–H groups in total. The molecule has 1 aliphatic heterocycles. The fraction of sp³-hybridized carbons (Fsp3) is 0.556. The summed E-state index contributed by atoms with van der Waals surface area (Å²) >= 11 is 0. The van der Waals surface area contributed by atoms with Gasteiger partial charge in [0.05, 0.1) is 11.3 Å². The van der Waals surface area contributed by atoms with E-state index in [-0.39, 0.29) is 17.2 Å². The van der Waals surface area contributed by atoms with Crippen molar-refractivity contribution in [2.75, 3.05) is 18.4 Å². The third-order valence-electron chi connectivity index (χ3n) is 3.77. The molecule has 0 radical (unpaired) electrons. The number of para-hydroxylation sites is 1. The van der Waals surface area contributed by atoms with Crippen molar-refractivity contribution in [2.45, 2.75) is 46.5 Å². The van der Waals surface area contributed by atoms with Gasteiger partial charge < -0.3 is 10.2 Å². The molecule has 0 bridgehead atoms. The average Bonchev–Trinajstić information content (AvgIpc) is 2.46. The second kappa shape index (κ2) is 6.95. The van der Waals surface area contributed by atoms with E-state index in [9.17, 15) is 9.59 Å². The van der Waals surface area contributed by atoms with Gasteiger partial charge in [-0.05, 0) is 36.8 Å². The number of rotatable bonds is 3. The van der Waals surface area contributed by atoms with E-state index >= 15 is 0 Å². The predicted molar refractivity (Wildman–Crippen MR) is 88.9 cm³/mol. The van der Waals surface area contributed by atoms with Crippen molar-refractivity contribution in [2.24, 2.45) is 5.41 Å². The molecule has 4 heteroatoms. The Balaban J connectivity index is 2.12. The van der Waals surface area contributed by atoms with Crippen LogP contribution in [0.3, 0.4) is 0 Å². The minimum atomic E-state index is -0.0735. The zero-order valence-electron chi connectivity index (χ0n) is 13.8. The summed E-state index contributed by atoms with van der Waals surface area (Å²) in [5.41, 5.74) is 1.13. The van der Waals surface area contributed by atoms with Crippen LogP contribution in [0.4, 0.5) is 5.69 Å². The van der Waals surface area contributed by atoms with E-state index in [0.29, 0.717) is 17.7 Å². The maximum absolute atomic E-state index is 12.7. The summed E-state index contributed by atoms with van der Waals surface area (Å²) in [5, 5.41) is 2.90. The van der Waals surface area contributed by atoms with Crippen molar-refractivity contribution in [3.05, 3.63) is 29.8 Å². The monoisotopic (exact) mass is 302 g/mol. The van der Waals surface area contributed by atoms with Crippen LogP contribution in [0.2, 0.25) is 0 Å². The van der Waals surface area contributed by atoms with Gasteiger partial charge in [-0.2, -0.15) is 0 Å². The van der Waals surface area contributed by atoms with Crippen molar-refractivity contribution in [1.29, 1.82) is 0 Å². The molecule has 1 aromatic rings. The molecular weight excluding hydrogens is 276 g/mol. The van der Waals surface area contributed by atoms with Crippen molar-refractivity contribution < 1.29 is 9.59 Å². The highest BCUT2D eigenvalue weighted by atomic mass is 16.2. The number of nitrogens with one attached hydrogen (secondary N) is 1. The number of carbonyl (C=O) groups excluding carboxylic acids is 2. The van der Waals surface area contributed by atoms with Gasteiger partial charge in [0.1, 0.15) is 0 Å². The van der Waals surface area contributed by atoms with Crippen LogP contribution in [0.5, 0.6) is 0 Å². The fourth-order valence-electron chi connectivity index (χ4n) is 2.72. The largest absolute Gasteiger partial charge is 0.339 e. The summed E-state index contributed by atoms with van der Waals surface area (Å²) in [7, 11) is 0. The molecule has 2 rings (SSSR count). The summed E-state index contributed by atoms with van der Waals surface area (Å²) in [6.45, 7) is 7.69. The summed E-state index contributed by atoms with van der Waals surface area (Å²) in [4.78, 5) is 26.7. The number of benzene rings is 1. The Morgan fingerprint density at radius 3 is 2.36 bits per heavy atom. The van der Waals surface area contributed by atoms with Gasteiger partial charge in [0.15, 0.2) is 0 Å². The second-order valence-electron chi connectivity index (χ2n) is 7.18. The number of piperidine rings is 1. The Morgan fingerprint density at radius 1 is 1.09 bits per heavy atom. The standard InChI is InChI=1S/C18H26N2O2/c1-18(2,3)13-16(21)19-15-10-6-5-9-14(15)17(22)20-11-7-4-8-12-20/h5-6,9-10H,4,7-8,11-13H2,1-3H3,(H,19,21). The van der Waals surface area contributed by atoms with Crippen LogP contribution in [0.25, 0.3) is 0 Å². The number of likely N-dealkylation sites (tertiary alicyclic amines) is 1. The Labute approximate surface area is 132 Å². The van der Waals surface area contributed by atoms with Gasteiger partial charge in [0.2, 0.25) is 5.91 Å². The lowest BCUT2D eigenvalue weighted by molar-refractivity contribution is -0.117. The minimum absolute atomic E-state index is 0.0198. The molecule has 0 aliphatic carbocycles. The molecule has 0 aromatic heterocycles.